The highest BCUT2D eigenvalue weighted by molar-refractivity contribution is 5.82. The molecule has 200 valence electrons. The third-order valence-corrected chi connectivity index (χ3v) is 9.79. The van der Waals surface area contributed by atoms with Crippen molar-refractivity contribution in [1.82, 2.24) is 15.7 Å². The lowest BCUT2D eigenvalue weighted by molar-refractivity contribution is -0.183. The van der Waals surface area contributed by atoms with Crippen LogP contribution >= 0.6 is 0 Å². The average molecular weight is 501 g/mol. The van der Waals surface area contributed by atoms with Gasteiger partial charge in [-0.1, -0.05) is 32.9 Å². The van der Waals surface area contributed by atoms with Gasteiger partial charge in [0.25, 0.3) is 0 Å². The molecule has 5 aliphatic rings. The molecular formula is C28H44N4O4. The molecule has 3 saturated carbocycles. The van der Waals surface area contributed by atoms with E-state index in [4.69, 9.17) is 4.84 Å². The molecule has 1 aromatic rings. The van der Waals surface area contributed by atoms with Gasteiger partial charge in [-0.05, 0) is 60.6 Å². The number of fused-ring (bicyclic) bond motifs is 2. The van der Waals surface area contributed by atoms with Gasteiger partial charge in [-0.2, -0.15) is 5.06 Å². The standard InChI is InChI=1S/C28H44N4O4/c1-17-22-13-20(28(22,3)4)14-23(17)30-27(35)26-25(18(2)34)24(16-33)36-32(26)15-19-6-5-7-21(12-19)31-10-8-29-9-11-31/h5-7,12,17-18,20,22-26,29,33-34H,8-11,13-16H2,1-4H3,(H,30,35)/t17-,18-,20+,22-,23-,24-,25?,26-/m0/s1. The number of nitrogens with zero attached hydrogens (tertiary/aromatic N) is 2. The van der Waals surface area contributed by atoms with E-state index in [0.29, 0.717) is 29.7 Å². The number of aliphatic hydroxyl groups excluding tert-OH is 2. The second kappa shape index (κ2) is 10.2. The van der Waals surface area contributed by atoms with Gasteiger partial charge in [0.15, 0.2) is 0 Å². The van der Waals surface area contributed by atoms with Crippen LogP contribution in [0.1, 0.15) is 46.1 Å². The van der Waals surface area contributed by atoms with Crippen molar-refractivity contribution < 1.29 is 19.8 Å². The Balaban J connectivity index is 1.33. The Morgan fingerprint density at radius 2 is 2.03 bits per heavy atom. The van der Waals surface area contributed by atoms with E-state index in [0.717, 1.165) is 43.9 Å². The van der Waals surface area contributed by atoms with Gasteiger partial charge >= 0.3 is 0 Å². The normalized spacial score (nSPS) is 36.8. The van der Waals surface area contributed by atoms with Gasteiger partial charge in [0.05, 0.1) is 19.3 Å². The van der Waals surface area contributed by atoms with Crippen LogP contribution in [0.2, 0.25) is 0 Å². The predicted octanol–water partition coefficient (Wildman–Crippen LogP) is 1.76. The van der Waals surface area contributed by atoms with E-state index >= 15 is 0 Å². The lowest BCUT2D eigenvalue weighted by atomic mass is 9.45. The van der Waals surface area contributed by atoms with Gasteiger partial charge in [0.1, 0.15) is 12.1 Å². The summed E-state index contributed by atoms with van der Waals surface area (Å²) in [6, 6.07) is 7.85. The first-order valence-corrected chi connectivity index (χ1v) is 13.8. The Hall–Kier alpha value is -1.71. The first-order chi connectivity index (χ1) is 17.2. The fraction of sp³-hybridized carbons (Fsp3) is 0.750. The Kier molecular flexibility index (Phi) is 7.36. The number of aliphatic hydroxyl groups is 2. The fourth-order valence-corrected chi connectivity index (χ4v) is 7.44. The average Bonchev–Trinajstić information content (AvgIpc) is 3.24. The zero-order valence-electron chi connectivity index (χ0n) is 22.2. The predicted molar refractivity (Wildman–Crippen MR) is 139 cm³/mol. The zero-order chi connectivity index (χ0) is 25.6. The minimum absolute atomic E-state index is 0.105. The Morgan fingerprint density at radius 1 is 1.28 bits per heavy atom. The maximum Gasteiger partial charge on any atom is 0.240 e. The first-order valence-electron chi connectivity index (χ1n) is 13.8. The topological polar surface area (TPSA) is 97.3 Å². The summed E-state index contributed by atoms with van der Waals surface area (Å²) in [7, 11) is 0. The molecule has 4 N–H and O–H groups in total. The summed E-state index contributed by atoms with van der Waals surface area (Å²) < 4.78 is 0. The van der Waals surface area contributed by atoms with E-state index in [1.807, 2.05) is 12.1 Å². The molecule has 8 atom stereocenters. The third-order valence-electron chi connectivity index (χ3n) is 9.79. The van der Waals surface area contributed by atoms with Crippen molar-refractivity contribution in [3.63, 3.8) is 0 Å². The SMILES string of the molecule is C[C@@H]1[C@@H](NC(=O)[C@@H]2C([C@H](C)O)[C@H](CO)ON2Cc2cccc(N3CCNCC3)c2)C[C@H]2C[C@@H]1C2(C)C. The minimum atomic E-state index is -0.786. The molecule has 2 heterocycles. The molecule has 3 aliphatic carbocycles. The van der Waals surface area contributed by atoms with E-state index in [9.17, 15) is 15.0 Å². The number of carbonyl (C=O) groups is 1. The number of benzene rings is 1. The molecule has 6 rings (SSSR count). The van der Waals surface area contributed by atoms with Crippen LogP contribution in [0.4, 0.5) is 5.69 Å². The summed E-state index contributed by atoms with van der Waals surface area (Å²) in [4.78, 5) is 22.3. The van der Waals surface area contributed by atoms with Gasteiger partial charge in [-0.3, -0.25) is 9.63 Å². The summed E-state index contributed by atoms with van der Waals surface area (Å²) in [5.41, 5.74) is 2.56. The molecule has 0 aromatic heterocycles. The Morgan fingerprint density at radius 3 is 2.67 bits per heavy atom. The van der Waals surface area contributed by atoms with E-state index in [1.165, 1.54) is 6.42 Å². The van der Waals surface area contributed by atoms with Crippen LogP contribution in [-0.2, 0) is 16.2 Å². The molecule has 5 fully saturated rings. The molecule has 2 bridgehead atoms. The molecule has 0 spiro atoms. The van der Waals surface area contributed by atoms with Gasteiger partial charge in [-0.15, -0.1) is 0 Å². The van der Waals surface area contributed by atoms with Crippen LogP contribution in [-0.4, -0.2) is 78.3 Å². The number of rotatable bonds is 7. The van der Waals surface area contributed by atoms with Crippen molar-refractivity contribution >= 4 is 11.6 Å². The second-order valence-electron chi connectivity index (χ2n) is 12.1. The molecule has 8 heteroatoms. The number of hydrogen-bond acceptors (Lipinski definition) is 7. The van der Waals surface area contributed by atoms with Crippen LogP contribution < -0.4 is 15.5 Å². The maximum atomic E-state index is 13.8. The summed E-state index contributed by atoms with van der Waals surface area (Å²) in [5.74, 6) is 1.08. The highest BCUT2D eigenvalue weighted by atomic mass is 16.7. The summed E-state index contributed by atoms with van der Waals surface area (Å²) in [6.45, 7) is 12.7. The monoisotopic (exact) mass is 500 g/mol. The number of nitrogens with one attached hydrogen (secondary N) is 2. The molecule has 0 radical (unpaired) electrons. The highest BCUT2D eigenvalue weighted by Gasteiger charge is 2.57. The summed E-state index contributed by atoms with van der Waals surface area (Å²) in [5, 5.41) is 29.1. The van der Waals surface area contributed by atoms with Crippen molar-refractivity contribution in [2.45, 2.75) is 71.4 Å². The smallest absolute Gasteiger partial charge is 0.240 e. The number of hydrogen-bond donors (Lipinski definition) is 4. The van der Waals surface area contributed by atoms with Crippen molar-refractivity contribution in [2.24, 2.45) is 29.1 Å². The second-order valence-corrected chi connectivity index (χ2v) is 12.1. The number of hydroxylamine groups is 2. The first kappa shape index (κ1) is 25.9. The Bertz CT molecular complexity index is 934. The zero-order valence-corrected chi connectivity index (χ0v) is 22.2. The van der Waals surface area contributed by atoms with Gasteiger partial charge in [0, 0.05) is 43.8 Å². The lowest BCUT2D eigenvalue weighted by Gasteiger charge is -2.62. The maximum absolute atomic E-state index is 13.8. The minimum Gasteiger partial charge on any atom is -0.394 e. The summed E-state index contributed by atoms with van der Waals surface area (Å²) in [6.07, 6.45) is 0.852. The number of amides is 1. The highest BCUT2D eigenvalue weighted by Crippen LogP contribution is 2.61. The van der Waals surface area contributed by atoms with E-state index in [1.54, 1.807) is 12.0 Å². The number of carbonyl (C=O) groups excluding carboxylic acids is 1. The van der Waals surface area contributed by atoms with E-state index < -0.39 is 24.2 Å². The molecule has 8 nitrogen and oxygen atoms in total. The third kappa shape index (κ3) is 4.67. The molecule has 2 saturated heterocycles. The fourth-order valence-electron chi connectivity index (χ4n) is 7.44. The van der Waals surface area contributed by atoms with Gasteiger partial charge < -0.3 is 25.7 Å². The van der Waals surface area contributed by atoms with Crippen molar-refractivity contribution in [1.29, 1.82) is 0 Å². The molecular weight excluding hydrogens is 456 g/mol. The quantitative estimate of drug-likeness (QED) is 0.453. The number of anilines is 1. The van der Waals surface area contributed by atoms with E-state index in [-0.39, 0.29) is 18.6 Å². The molecule has 1 unspecified atom stereocenters. The molecule has 1 aromatic carbocycles. The van der Waals surface area contributed by atoms with Crippen LogP contribution in [0.15, 0.2) is 24.3 Å². The molecule has 1 amide bonds. The molecule has 2 aliphatic heterocycles. The van der Waals surface area contributed by atoms with Gasteiger partial charge in [-0.25, -0.2) is 0 Å². The largest absolute Gasteiger partial charge is 0.394 e. The number of piperazine rings is 1. The van der Waals surface area contributed by atoms with Crippen molar-refractivity contribution in [3.8, 4) is 0 Å². The van der Waals surface area contributed by atoms with Gasteiger partial charge in [0.2, 0.25) is 5.91 Å². The van der Waals surface area contributed by atoms with Crippen LogP contribution in [0.5, 0.6) is 0 Å². The van der Waals surface area contributed by atoms with Crippen LogP contribution in [0, 0.1) is 29.1 Å². The van der Waals surface area contributed by atoms with E-state index in [2.05, 4.69) is 48.4 Å². The van der Waals surface area contributed by atoms with Crippen LogP contribution in [0.3, 0.4) is 0 Å². The van der Waals surface area contributed by atoms with Crippen molar-refractivity contribution in [3.05, 3.63) is 29.8 Å². The van der Waals surface area contributed by atoms with Crippen molar-refractivity contribution in [2.75, 3.05) is 37.7 Å². The van der Waals surface area contributed by atoms with Crippen LogP contribution in [0.25, 0.3) is 0 Å². The lowest BCUT2D eigenvalue weighted by Crippen LogP contribution is -2.62. The summed E-state index contributed by atoms with van der Waals surface area (Å²) >= 11 is 0. The Labute approximate surface area is 215 Å². The molecule has 36 heavy (non-hydrogen) atoms.